The van der Waals surface area contributed by atoms with Crippen molar-refractivity contribution in [1.29, 1.82) is 5.26 Å². The van der Waals surface area contributed by atoms with Gasteiger partial charge in [-0.15, -0.1) is 0 Å². The Hall–Kier alpha value is -3.91. The highest BCUT2D eigenvalue weighted by atomic mass is 31.2. The predicted molar refractivity (Wildman–Crippen MR) is 206 cm³/mol. The van der Waals surface area contributed by atoms with E-state index >= 15 is 0 Å². The van der Waals surface area contributed by atoms with Crippen LogP contribution in [0.1, 0.15) is 68.0 Å². The Morgan fingerprint density at radius 2 is 1.48 bits per heavy atom. The monoisotopic (exact) mass is 756 g/mol. The fraction of sp³-hybridized carbons (Fsp3) is 0.419. The van der Waals surface area contributed by atoms with Gasteiger partial charge in [0.15, 0.2) is 0 Å². The number of fused-ring (bicyclic) bond motifs is 2. The SMILES string of the molecule is COc1ccc(C(OC[C@@]23CO[C@@H]([C@H](c4ccc(F)c(C)c4)O2)[C@@H]3OP(OCCC#N)N(C(C)C)C(C)C)(c2ccccc2)c2ccc(OC)cc2)cc1. The van der Waals surface area contributed by atoms with Gasteiger partial charge in [-0.1, -0.05) is 66.7 Å². The molecule has 0 N–H and O–H groups in total. The van der Waals surface area contributed by atoms with Gasteiger partial charge in [0.2, 0.25) is 0 Å². The van der Waals surface area contributed by atoms with E-state index in [9.17, 15) is 9.65 Å². The molecule has 286 valence electrons. The molecule has 4 aromatic rings. The van der Waals surface area contributed by atoms with E-state index in [1.165, 1.54) is 6.07 Å². The molecular formula is C43H50FN2O7P. The third kappa shape index (κ3) is 7.91. The summed E-state index contributed by atoms with van der Waals surface area (Å²) in [5.41, 5.74) is 1.73. The summed E-state index contributed by atoms with van der Waals surface area (Å²) in [5, 5.41) is 9.37. The van der Waals surface area contributed by atoms with E-state index < -0.39 is 38.0 Å². The Kier molecular flexibility index (Phi) is 12.7. The van der Waals surface area contributed by atoms with Crippen LogP contribution >= 0.6 is 8.53 Å². The highest BCUT2D eigenvalue weighted by Crippen LogP contribution is 2.57. The molecule has 0 saturated carbocycles. The van der Waals surface area contributed by atoms with E-state index in [0.29, 0.717) is 5.56 Å². The summed E-state index contributed by atoms with van der Waals surface area (Å²) in [6, 6.07) is 33.2. The van der Waals surface area contributed by atoms with Crippen molar-refractivity contribution in [1.82, 2.24) is 4.67 Å². The van der Waals surface area contributed by atoms with Crippen LogP contribution in [0.4, 0.5) is 4.39 Å². The molecule has 9 nitrogen and oxygen atoms in total. The van der Waals surface area contributed by atoms with E-state index in [4.69, 9.17) is 32.7 Å². The third-order valence-corrected chi connectivity index (χ3v) is 12.2. The number of ether oxygens (including phenoxy) is 5. The number of halogens is 1. The molecule has 2 aliphatic heterocycles. The lowest BCUT2D eigenvalue weighted by Crippen LogP contribution is -2.49. The van der Waals surface area contributed by atoms with Crippen molar-refractivity contribution >= 4 is 8.53 Å². The van der Waals surface area contributed by atoms with Gasteiger partial charge in [0.25, 0.3) is 8.53 Å². The number of nitriles is 1. The zero-order chi connectivity index (χ0) is 38.5. The largest absolute Gasteiger partial charge is 0.497 e. The molecule has 54 heavy (non-hydrogen) atoms. The van der Waals surface area contributed by atoms with Crippen molar-refractivity contribution in [3.8, 4) is 17.6 Å². The smallest absolute Gasteiger partial charge is 0.259 e. The van der Waals surface area contributed by atoms with E-state index in [2.05, 4.69) is 50.6 Å². The zero-order valence-electron chi connectivity index (χ0n) is 32.0. The molecule has 2 aliphatic rings. The van der Waals surface area contributed by atoms with Crippen LogP contribution in [-0.2, 0) is 28.9 Å². The Morgan fingerprint density at radius 3 is 2.02 bits per heavy atom. The molecule has 0 spiro atoms. The van der Waals surface area contributed by atoms with Gasteiger partial charge in [-0.05, 0) is 92.8 Å². The maximum Gasteiger partial charge on any atom is 0.259 e. The van der Waals surface area contributed by atoms with E-state index in [0.717, 1.165) is 33.8 Å². The molecule has 0 radical (unpaired) electrons. The van der Waals surface area contributed by atoms with E-state index in [1.807, 2.05) is 66.7 Å². The number of nitrogens with zero attached hydrogens (tertiary/aromatic N) is 2. The molecule has 11 heteroatoms. The van der Waals surface area contributed by atoms with Gasteiger partial charge >= 0.3 is 0 Å². The number of aryl methyl sites for hydroxylation is 1. The molecule has 2 heterocycles. The number of hydrogen-bond acceptors (Lipinski definition) is 9. The molecule has 6 rings (SSSR count). The first-order chi connectivity index (χ1) is 26.1. The Bertz CT molecular complexity index is 1820. The van der Waals surface area contributed by atoms with Gasteiger partial charge in [0.1, 0.15) is 46.8 Å². The van der Waals surface area contributed by atoms with Crippen LogP contribution in [0.2, 0.25) is 0 Å². The summed E-state index contributed by atoms with van der Waals surface area (Å²) in [6.07, 6.45) is -1.52. The second-order valence-electron chi connectivity index (χ2n) is 14.3. The van der Waals surface area contributed by atoms with Crippen LogP contribution in [0, 0.1) is 24.1 Å². The van der Waals surface area contributed by atoms with Crippen LogP contribution in [0.15, 0.2) is 97.1 Å². The zero-order valence-corrected chi connectivity index (χ0v) is 32.9. The minimum atomic E-state index is -1.67. The maximum atomic E-state index is 14.5. The Balaban J connectivity index is 1.47. The summed E-state index contributed by atoms with van der Waals surface area (Å²) in [7, 11) is 1.61. The van der Waals surface area contributed by atoms with Crippen molar-refractivity contribution in [2.75, 3.05) is 34.0 Å². The van der Waals surface area contributed by atoms with Crippen molar-refractivity contribution < 1.29 is 37.1 Å². The van der Waals surface area contributed by atoms with E-state index in [-0.39, 0.29) is 44.1 Å². The highest BCUT2D eigenvalue weighted by Gasteiger charge is 2.64. The Labute approximate surface area is 319 Å². The molecule has 2 fully saturated rings. The quantitative estimate of drug-likeness (QED) is 0.0595. The van der Waals surface area contributed by atoms with Gasteiger partial charge in [0.05, 0.1) is 46.5 Å². The molecule has 4 aromatic carbocycles. The number of benzene rings is 4. The molecule has 0 amide bonds. The summed E-state index contributed by atoms with van der Waals surface area (Å²) < 4.78 is 62.4. The number of hydrogen-bond donors (Lipinski definition) is 0. The lowest BCUT2D eigenvalue weighted by Gasteiger charge is -2.41. The molecule has 2 bridgehead atoms. The fourth-order valence-corrected chi connectivity index (χ4v) is 9.30. The van der Waals surface area contributed by atoms with Crippen LogP contribution in [0.3, 0.4) is 0 Å². The first-order valence-corrected chi connectivity index (χ1v) is 19.5. The second kappa shape index (κ2) is 17.3. The van der Waals surface area contributed by atoms with Crippen LogP contribution in [0.5, 0.6) is 11.5 Å². The summed E-state index contributed by atoms with van der Waals surface area (Å²) >= 11 is 0. The number of rotatable bonds is 17. The van der Waals surface area contributed by atoms with Crippen LogP contribution in [0.25, 0.3) is 0 Å². The normalized spacial score (nSPS) is 21.5. The first kappa shape index (κ1) is 39.8. The molecule has 0 aromatic heterocycles. The lowest BCUT2D eigenvalue weighted by atomic mass is 9.79. The molecule has 0 aliphatic carbocycles. The standard InChI is InChI=1S/C43H50FN2O7P/c1-29(2)46(30(3)4)54(51-25-11-24-45)53-41-40-39(32-14-23-38(44)31(5)26-32)52-42(41,27-49-40)28-50-43(33-12-9-8-10-13-33,34-15-19-36(47-6)20-16-34)35-17-21-37(48-7)22-18-35/h8-10,12-23,26,29-30,39-41H,11,25,27-28H2,1-7H3/t39-,40-,41-,42+,54?/m0/s1. The molecule has 2 saturated heterocycles. The maximum absolute atomic E-state index is 14.5. The minimum Gasteiger partial charge on any atom is -0.497 e. The summed E-state index contributed by atoms with van der Waals surface area (Å²) in [5.74, 6) is 1.14. The van der Waals surface area contributed by atoms with Gasteiger partial charge in [-0.25, -0.2) is 9.06 Å². The predicted octanol–water partition coefficient (Wildman–Crippen LogP) is 9.03. The average Bonchev–Trinajstić information content (AvgIpc) is 3.68. The lowest BCUT2D eigenvalue weighted by molar-refractivity contribution is -0.184. The molecule has 5 atom stereocenters. The van der Waals surface area contributed by atoms with Crippen molar-refractivity contribution in [3.63, 3.8) is 0 Å². The first-order valence-electron chi connectivity index (χ1n) is 18.4. The topological polar surface area (TPSA) is 91.6 Å². The number of methoxy groups -OCH3 is 2. The van der Waals surface area contributed by atoms with Gasteiger partial charge in [-0.3, -0.25) is 0 Å². The third-order valence-electron chi connectivity index (χ3n) is 10.1. The highest BCUT2D eigenvalue weighted by molar-refractivity contribution is 7.44. The average molecular weight is 757 g/mol. The van der Waals surface area contributed by atoms with Crippen LogP contribution in [-0.4, -0.2) is 68.6 Å². The van der Waals surface area contributed by atoms with Crippen LogP contribution < -0.4 is 9.47 Å². The summed E-state index contributed by atoms with van der Waals surface area (Å²) in [6.45, 7) is 10.6. The fourth-order valence-electron chi connectivity index (χ4n) is 7.49. The van der Waals surface area contributed by atoms with Gasteiger partial charge < -0.3 is 32.7 Å². The van der Waals surface area contributed by atoms with Gasteiger partial charge in [-0.2, -0.15) is 5.26 Å². The van der Waals surface area contributed by atoms with Crippen molar-refractivity contribution in [2.45, 2.75) is 82.6 Å². The molecule has 1 unspecified atom stereocenters. The minimum absolute atomic E-state index is 0.0581. The van der Waals surface area contributed by atoms with E-state index in [1.54, 1.807) is 33.3 Å². The Morgan fingerprint density at radius 1 is 0.889 bits per heavy atom. The summed E-state index contributed by atoms with van der Waals surface area (Å²) in [4.78, 5) is 0. The van der Waals surface area contributed by atoms with Gasteiger partial charge in [0, 0.05) is 12.1 Å². The second-order valence-corrected chi connectivity index (χ2v) is 15.7. The van der Waals surface area contributed by atoms with Crippen molar-refractivity contribution in [3.05, 3.63) is 131 Å². The molecular weight excluding hydrogens is 706 g/mol. The van der Waals surface area contributed by atoms with Crippen molar-refractivity contribution in [2.24, 2.45) is 0 Å².